The fourth-order valence-corrected chi connectivity index (χ4v) is 2.11. The van der Waals surface area contributed by atoms with Crippen LogP contribution in [0, 0.1) is 0 Å². The van der Waals surface area contributed by atoms with Crippen LogP contribution in [0.3, 0.4) is 0 Å². The van der Waals surface area contributed by atoms with Crippen molar-refractivity contribution in [3.05, 3.63) is 59.1 Å². The van der Waals surface area contributed by atoms with Gasteiger partial charge in [-0.25, -0.2) is 4.79 Å². The number of amides is 1. The van der Waals surface area contributed by atoms with E-state index in [0.29, 0.717) is 28.6 Å². The summed E-state index contributed by atoms with van der Waals surface area (Å²) in [6.45, 7) is 2.59. The fourth-order valence-electron chi connectivity index (χ4n) is 1.98. The van der Waals surface area contributed by atoms with Crippen molar-refractivity contribution in [1.29, 1.82) is 0 Å². The van der Waals surface area contributed by atoms with Gasteiger partial charge in [0.15, 0.2) is 0 Å². The summed E-state index contributed by atoms with van der Waals surface area (Å²) in [5.74, 6) is 0.124. The molecule has 2 aromatic carbocycles. The number of esters is 1. The average Bonchev–Trinajstić information content (AvgIpc) is 2.62. The molecular weight excluding hydrogens is 342 g/mol. The SMILES string of the molecule is CCCOC(=O)c1ccc(NC(=O)CCOc2ccc(Cl)cc2)cc1. The largest absolute Gasteiger partial charge is 0.493 e. The summed E-state index contributed by atoms with van der Waals surface area (Å²) >= 11 is 5.79. The van der Waals surface area contributed by atoms with Gasteiger partial charge in [-0.15, -0.1) is 0 Å². The van der Waals surface area contributed by atoms with E-state index in [-0.39, 0.29) is 24.9 Å². The first-order valence-electron chi connectivity index (χ1n) is 8.04. The van der Waals surface area contributed by atoms with Crippen molar-refractivity contribution in [2.24, 2.45) is 0 Å². The number of ether oxygens (including phenoxy) is 2. The zero-order valence-electron chi connectivity index (χ0n) is 14.0. The quantitative estimate of drug-likeness (QED) is 0.711. The Morgan fingerprint density at radius 3 is 2.32 bits per heavy atom. The van der Waals surface area contributed by atoms with Crippen LogP contribution in [-0.2, 0) is 9.53 Å². The van der Waals surface area contributed by atoms with Crippen LogP contribution in [0.4, 0.5) is 5.69 Å². The van der Waals surface area contributed by atoms with Crippen molar-refractivity contribution >= 4 is 29.2 Å². The van der Waals surface area contributed by atoms with Gasteiger partial charge < -0.3 is 14.8 Å². The monoisotopic (exact) mass is 361 g/mol. The van der Waals surface area contributed by atoms with E-state index in [9.17, 15) is 9.59 Å². The zero-order valence-corrected chi connectivity index (χ0v) is 14.7. The molecule has 2 rings (SSSR count). The molecule has 0 saturated heterocycles. The summed E-state index contributed by atoms with van der Waals surface area (Å²) in [6, 6.07) is 13.5. The Bertz CT molecular complexity index is 698. The molecule has 1 amide bonds. The molecule has 0 spiro atoms. The number of nitrogens with one attached hydrogen (secondary N) is 1. The maximum atomic E-state index is 11.9. The number of anilines is 1. The Kier molecular flexibility index (Phi) is 7.29. The predicted octanol–water partition coefficient (Wildman–Crippen LogP) is 4.31. The lowest BCUT2D eigenvalue weighted by Crippen LogP contribution is -2.15. The minimum Gasteiger partial charge on any atom is -0.493 e. The summed E-state index contributed by atoms with van der Waals surface area (Å²) in [5, 5.41) is 3.39. The second-order valence-electron chi connectivity index (χ2n) is 5.31. The minimum atomic E-state index is -0.365. The topological polar surface area (TPSA) is 64.6 Å². The van der Waals surface area contributed by atoms with Gasteiger partial charge in [-0.1, -0.05) is 18.5 Å². The molecule has 0 heterocycles. The molecule has 0 fully saturated rings. The molecule has 1 N–H and O–H groups in total. The Morgan fingerprint density at radius 1 is 1.00 bits per heavy atom. The molecule has 0 aliphatic rings. The third-order valence-corrected chi connectivity index (χ3v) is 3.51. The number of hydrogen-bond donors (Lipinski definition) is 1. The van der Waals surface area contributed by atoms with E-state index in [1.807, 2.05) is 6.92 Å². The van der Waals surface area contributed by atoms with Gasteiger partial charge >= 0.3 is 5.97 Å². The van der Waals surface area contributed by atoms with Gasteiger partial charge in [0.25, 0.3) is 0 Å². The summed E-state index contributed by atoms with van der Waals surface area (Å²) in [4.78, 5) is 23.6. The normalized spacial score (nSPS) is 10.2. The fraction of sp³-hybridized carbons (Fsp3) is 0.263. The number of carbonyl (C=O) groups is 2. The third-order valence-electron chi connectivity index (χ3n) is 3.25. The highest BCUT2D eigenvalue weighted by molar-refractivity contribution is 6.30. The maximum Gasteiger partial charge on any atom is 0.338 e. The van der Waals surface area contributed by atoms with Gasteiger partial charge in [-0.2, -0.15) is 0 Å². The van der Waals surface area contributed by atoms with Gasteiger partial charge in [0.1, 0.15) is 5.75 Å². The first-order chi connectivity index (χ1) is 12.1. The van der Waals surface area contributed by atoms with E-state index >= 15 is 0 Å². The van der Waals surface area contributed by atoms with Gasteiger partial charge in [-0.05, 0) is 55.0 Å². The Morgan fingerprint density at radius 2 is 1.68 bits per heavy atom. The average molecular weight is 362 g/mol. The Balaban J connectivity index is 1.76. The highest BCUT2D eigenvalue weighted by Gasteiger charge is 2.08. The smallest absolute Gasteiger partial charge is 0.338 e. The summed E-state index contributed by atoms with van der Waals surface area (Å²) in [5.41, 5.74) is 1.07. The highest BCUT2D eigenvalue weighted by atomic mass is 35.5. The number of halogens is 1. The molecule has 132 valence electrons. The molecule has 0 aliphatic heterocycles. The summed E-state index contributed by atoms with van der Waals surface area (Å²) in [7, 11) is 0. The standard InChI is InChI=1S/C19H20ClNO4/c1-2-12-25-19(23)14-3-7-16(8-4-14)21-18(22)11-13-24-17-9-5-15(20)6-10-17/h3-10H,2,11-13H2,1H3,(H,21,22). The molecule has 0 bridgehead atoms. The maximum absolute atomic E-state index is 11.9. The van der Waals surface area contributed by atoms with Crippen LogP contribution in [0.15, 0.2) is 48.5 Å². The molecule has 0 unspecified atom stereocenters. The van der Waals surface area contributed by atoms with Crippen LogP contribution in [0.1, 0.15) is 30.1 Å². The second-order valence-corrected chi connectivity index (χ2v) is 5.75. The van der Waals surface area contributed by atoms with Crippen molar-refractivity contribution in [2.75, 3.05) is 18.5 Å². The predicted molar refractivity (Wildman–Crippen MR) is 97.2 cm³/mol. The molecule has 0 atom stereocenters. The van der Waals surface area contributed by atoms with Gasteiger partial charge in [0.05, 0.1) is 25.2 Å². The van der Waals surface area contributed by atoms with Crippen molar-refractivity contribution in [1.82, 2.24) is 0 Å². The molecule has 2 aromatic rings. The lowest BCUT2D eigenvalue weighted by molar-refractivity contribution is -0.116. The molecule has 6 heteroatoms. The Labute approximate surface area is 151 Å². The molecule has 0 aromatic heterocycles. The van der Waals surface area contributed by atoms with Crippen LogP contribution < -0.4 is 10.1 Å². The first-order valence-corrected chi connectivity index (χ1v) is 8.41. The molecule has 25 heavy (non-hydrogen) atoms. The van der Waals surface area contributed by atoms with E-state index in [0.717, 1.165) is 6.42 Å². The number of benzene rings is 2. The summed E-state index contributed by atoms with van der Waals surface area (Å²) in [6.07, 6.45) is 0.987. The van der Waals surface area contributed by atoms with Crippen molar-refractivity contribution < 1.29 is 19.1 Å². The van der Waals surface area contributed by atoms with E-state index in [4.69, 9.17) is 21.1 Å². The van der Waals surface area contributed by atoms with Crippen LogP contribution in [0.25, 0.3) is 0 Å². The Hall–Kier alpha value is -2.53. The second kappa shape index (κ2) is 9.69. The summed E-state index contributed by atoms with van der Waals surface area (Å²) < 4.78 is 10.5. The minimum absolute atomic E-state index is 0.171. The molecule has 0 radical (unpaired) electrons. The third kappa shape index (κ3) is 6.47. The van der Waals surface area contributed by atoms with E-state index in [1.165, 1.54) is 0 Å². The molecular formula is C19H20ClNO4. The zero-order chi connectivity index (χ0) is 18.1. The first kappa shape index (κ1) is 18.8. The van der Waals surface area contributed by atoms with Crippen molar-refractivity contribution in [3.8, 4) is 5.75 Å². The van der Waals surface area contributed by atoms with Gasteiger partial charge in [0.2, 0.25) is 5.91 Å². The van der Waals surface area contributed by atoms with Crippen LogP contribution in [0.5, 0.6) is 5.75 Å². The van der Waals surface area contributed by atoms with Crippen molar-refractivity contribution in [3.63, 3.8) is 0 Å². The van der Waals surface area contributed by atoms with Crippen molar-refractivity contribution in [2.45, 2.75) is 19.8 Å². The van der Waals surface area contributed by atoms with Crippen LogP contribution in [0.2, 0.25) is 5.02 Å². The van der Waals surface area contributed by atoms with Crippen LogP contribution >= 0.6 is 11.6 Å². The lowest BCUT2D eigenvalue weighted by Gasteiger charge is -2.08. The van der Waals surface area contributed by atoms with E-state index < -0.39 is 0 Å². The van der Waals surface area contributed by atoms with E-state index in [2.05, 4.69) is 5.32 Å². The van der Waals surface area contributed by atoms with E-state index in [1.54, 1.807) is 48.5 Å². The van der Waals surface area contributed by atoms with Crippen LogP contribution in [-0.4, -0.2) is 25.1 Å². The number of hydrogen-bond acceptors (Lipinski definition) is 4. The van der Waals surface area contributed by atoms with Gasteiger partial charge in [-0.3, -0.25) is 4.79 Å². The lowest BCUT2D eigenvalue weighted by atomic mass is 10.2. The molecule has 5 nitrogen and oxygen atoms in total. The number of carbonyl (C=O) groups excluding carboxylic acids is 2. The number of rotatable bonds is 8. The highest BCUT2D eigenvalue weighted by Crippen LogP contribution is 2.16. The molecule has 0 saturated carbocycles. The van der Waals surface area contributed by atoms with Gasteiger partial charge in [0, 0.05) is 10.7 Å². The molecule has 0 aliphatic carbocycles.